The minimum Gasteiger partial charge on any atom is -0.388 e. The van der Waals surface area contributed by atoms with E-state index in [9.17, 15) is 5.11 Å². The summed E-state index contributed by atoms with van der Waals surface area (Å²) in [6.45, 7) is 5.77. The van der Waals surface area contributed by atoms with Gasteiger partial charge in [-0.05, 0) is 45.7 Å². The summed E-state index contributed by atoms with van der Waals surface area (Å²) < 4.78 is 6.24. The molecule has 1 saturated heterocycles. The number of fused-ring (bicyclic) bond motifs is 3. The van der Waals surface area contributed by atoms with E-state index >= 15 is 0 Å². The normalized spacial score (nSPS) is 24.9. The largest absolute Gasteiger partial charge is 0.388 e. The Morgan fingerprint density at radius 1 is 1.29 bits per heavy atom. The summed E-state index contributed by atoms with van der Waals surface area (Å²) in [6.07, 6.45) is 4.31. The summed E-state index contributed by atoms with van der Waals surface area (Å²) in [5.41, 5.74) is 2.16. The molecule has 0 aliphatic carbocycles. The van der Waals surface area contributed by atoms with E-state index in [1.807, 2.05) is 26.1 Å². The molecule has 1 fully saturated rings. The highest BCUT2D eigenvalue weighted by Gasteiger charge is 2.42. The Morgan fingerprint density at radius 2 is 2.08 bits per heavy atom. The summed E-state index contributed by atoms with van der Waals surface area (Å²) in [6, 6.07) is 10.4. The summed E-state index contributed by atoms with van der Waals surface area (Å²) in [5.74, 6) is 0. The van der Waals surface area contributed by atoms with Crippen molar-refractivity contribution >= 4 is 21.8 Å². The van der Waals surface area contributed by atoms with E-state index in [1.54, 1.807) is 0 Å². The van der Waals surface area contributed by atoms with Gasteiger partial charge in [0.1, 0.15) is 0 Å². The molecule has 126 valence electrons. The third-order valence-electron chi connectivity index (χ3n) is 5.20. The topological polar surface area (TPSA) is 58.1 Å². The fourth-order valence-corrected chi connectivity index (χ4v) is 3.84. The molecule has 4 heteroatoms. The maximum absolute atomic E-state index is 10.2. The second-order valence-electron chi connectivity index (χ2n) is 7.78. The van der Waals surface area contributed by atoms with Crippen LogP contribution in [0.25, 0.3) is 21.8 Å². The average molecular weight is 324 g/mol. The van der Waals surface area contributed by atoms with Gasteiger partial charge in [0.2, 0.25) is 0 Å². The van der Waals surface area contributed by atoms with Gasteiger partial charge in [-0.2, -0.15) is 0 Å². The number of pyridine rings is 1. The van der Waals surface area contributed by atoms with Crippen molar-refractivity contribution in [3.63, 3.8) is 0 Å². The van der Waals surface area contributed by atoms with Gasteiger partial charge in [0.05, 0.1) is 28.5 Å². The van der Waals surface area contributed by atoms with Crippen LogP contribution < -0.4 is 0 Å². The number of rotatable bonds is 3. The highest BCUT2D eigenvalue weighted by molar-refractivity contribution is 6.07. The van der Waals surface area contributed by atoms with Gasteiger partial charge < -0.3 is 14.8 Å². The van der Waals surface area contributed by atoms with Crippen molar-refractivity contribution in [3.8, 4) is 0 Å². The molecule has 2 aromatic heterocycles. The van der Waals surface area contributed by atoms with Gasteiger partial charge in [0.15, 0.2) is 0 Å². The first-order valence-electron chi connectivity index (χ1n) is 8.60. The van der Waals surface area contributed by atoms with Crippen LogP contribution in [0, 0.1) is 0 Å². The Bertz CT molecular complexity index is 893. The predicted molar refractivity (Wildman–Crippen MR) is 96.1 cm³/mol. The van der Waals surface area contributed by atoms with E-state index < -0.39 is 5.60 Å². The molecule has 0 radical (unpaired) electrons. The van der Waals surface area contributed by atoms with Gasteiger partial charge in [-0.25, -0.2) is 0 Å². The Hall–Kier alpha value is -1.91. The zero-order valence-electron chi connectivity index (χ0n) is 14.5. The number of aromatic nitrogens is 2. The van der Waals surface area contributed by atoms with Crippen LogP contribution >= 0.6 is 0 Å². The molecule has 3 aromatic rings. The number of hydrogen-bond acceptors (Lipinski definition) is 3. The molecule has 2 atom stereocenters. The average Bonchev–Trinajstić information content (AvgIpc) is 3.09. The quantitative estimate of drug-likeness (QED) is 0.766. The number of nitrogens with zero attached hydrogens (tertiary/aromatic N) is 1. The van der Waals surface area contributed by atoms with Crippen LogP contribution in [0.15, 0.2) is 36.5 Å². The molecule has 4 rings (SSSR count). The zero-order chi connectivity index (χ0) is 16.9. The molecule has 1 aliphatic heterocycles. The van der Waals surface area contributed by atoms with Crippen LogP contribution in [0.4, 0.5) is 0 Å². The van der Waals surface area contributed by atoms with Crippen molar-refractivity contribution in [3.05, 3.63) is 42.2 Å². The van der Waals surface area contributed by atoms with Crippen LogP contribution in [0.3, 0.4) is 0 Å². The highest BCUT2D eigenvalue weighted by Crippen LogP contribution is 2.38. The minimum absolute atomic E-state index is 0.121. The summed E-state index contributed by atoms with van der Waals surface area (Å²) >= 11 is 0. The molecule has 1 aromatic carbocycles. The van der Waals surface area contributed by atoms with Gasteiger partial charge >= 0.3 is 0 Å². The first-order valence-corrected chi connectivity index (χ1v) is 8.60. The van der Waals surface area contributed by atoms with E-state index in [-0.39, 0.29) is 11.7 Å². The van der Waals surface area contributed by atoms with Crippen LogP contribution in [0.2, 0.25) is 0 Å². The molecule has 0 bridgehead atoms. The van der Waals surface area contributed by atoms with Gasteiger partial charge in [0.25, 0.3) is 0 Å². The second kappa shape index (κ2) is 5.30. The van der Waals surface area contributed by atoms with Gasteiger partial charge in [-0.3, -0.25) is 4.98 Å². The van der Waals surface area contributed by atoms with Crippen molar-refractivity contribution in [1.82, 2.24) is 9.97 Å². The van der Waals surface area contributed by atoms with E-state index in [1.165, 1.54) is 10.8 Å². The molecule has 2 unspecified atom stereocenters. The molecule has 24 heavy (non-hydrogen) atoms. The van der Waals surface area contributed by atoms with Crippen LogP contribution in [-0.4, -0.2) is 32.4 Å². The first-order chi connectivity index (χ1) is 11.4. The van der Waals surface area contributed by atoms with E-state index in [0.29, 0.717) is 0 Å². The van der Waals surface area contributed by atoms with Crippen LogP contribution in [0.1, 0.15) is 39.3 Å². The fraction of sp³-hybridized carbons (Fsp3) is 0.450. The molecule has 1 aliphatic rings. The number of benzene rings is 1. The van der Waals surface area contributed by atoms with Crippen molar-refractivity contribution in [2.24, 2.45) is 0 Å². The lowest BCUT2D eigenvalue weighted by Crippen LogP contribution is -2.39. The Morgan fingerprint density at radius 3 is 2.83 bits per heavy atom. The number of aromatic amines is 1. The SMILES string of the molecule is CC1(Cc2nccc3c2[nH]c2ccccc23)CCC(C(C)(C)O)O1. The van der Waals surface area contributed by atoms with Crippen LogP contribution in [0.5, 0.6) is 0 Å². The molecule has 0 saturated carbocycles. The van der Waals surface area contributed by atoms with E-state index in [4.69, 9.17) is 4.74 Å². The van der Waals surface area contributed by atoms with Gasteiger partial charge in [-0.1, -0.05) is 18.2 Å². The lowest BCUT2D eigenvalue weighted by Gasteiger charge is -2.30. The molecule has 0 amide bonds. The number of aliphatic hydroxyl groups is 1. The van der Waals surface area contributed by atoms with Crippen LogP contribution in [-0.2, 0) is 11.2 Å². The van der Waals surface area contributed by atoms with Crippen molar-refractivity contribution < 1.29 is 9.84 Å². The predicted octanol–water partition coefficient (Wildman–Crippen LogP) is 3.97. The van der Waals surface area contributed by atoms with E-state index in [0.717, 1.165) is 36.0 Å². The first kappa shape index (κ1) is 15.6. The maximum Gasteiger partial charge on any atom is 0.0865 e. The van der Waals surface area contributed by atoms with Crippen molar-refractivity contribution in [1.29, 1.82) is 0 Å². The molecule has 0 spiro atoms. The number of nitrogens with one attached hydrogen (secondary N) is 1. The second-order valence-corrected chi connectivity index (χ2v) is 7.78. The number of para-hydroxylation sites is 1. The zero-order valence-corrected chi connectivity index (χ0v) is 14.5. The van der Waals surface area contributed by atoms with Gasteiger partial charge in [-0.15, -0.1) is 0 Å². The third kappa shape index (κ3) is 2.60. The molecule has 3 heterocycles. The number of hydrogen-bond donors (Lipinski definition) is 2. The molecular formula is C20H24N2O2. The summed E-state index contributed by atoms with van der Waals surface area (Å²) in [4.78, 5) is 8.14. The fourth-order valence-electron chi connectivity index (χ4n) is 3.84. The van der Waals surface area contributed by atoms with E-state index in [2.05, 4.69) is 41.2 Å². The summed E-state index contributed by atoms with van der Waals surface area (Å²) in [7, 11) is 0. The standard InChI is InChI=1S/C20H24N2O2/c1-19(2,23)17-8-10-20(3,24-17)12-16-18-14(9-11-21-16)13-6-4-5-7-15(13)22-18/h4-7,9,11,17,22-23H,8,10,12H2,1-3H3. The van der Waals surface area contributed by atoms with Crippen molar-refractivity contribution in [2.45, 2.75) is 57.3 Å². The molecule has 2 N–H and O–H groups in total. The van der Waals surface area contributed by atoms with Crippen molar-refractivity contribution in [2.75, 3.05) is 0 Å². The third-order valence-corrected chi connectivity index (χ3v) is 5.20. The molecule has 4 nitrogen and oxygen atoms in total. The Kier molecular flexibility index (Phi) is 3.44. The maximum atomic E-state index is 10.2. The smallest absolute Gasteiger partial charge is 0.0865 e. The lowest BCUT2D eigenvalue weighted by molar-refractivity contribution is -0.115. The number of ether oxygens (including phenoxy) is 1. The van der Waals surface area contributed by atoms with Gasteiger partial charge in [0, 0.05) is 28.9 Å². The molecular weight excluding hydrogens is 300 g/mol. The Labute approximate surface area is 141 Å². The summed E-state index contributed by atoms with van der Waals surface area (Å²) in [5, 5.41) is 12.7. The monoisotopic (exact) mass is 324 g/mol. The minimum atomic E-state index is -0.807. The number of H-pyrrole nitrogens is 1. The lowest BCUT2D eigenvalue weighted by atomic mass is 9.93. The Balaban J connectivity index is 1.70. The highest BCUT2D eigenvalue weighted by atomic mass is 16.5.